The Hall–Kier alpha value is -1.55. The fourth-order valence-electron chi connectivity index (χ4n) is 1.36. The Balaban J connectivity index is 2.89. The van der Waals surface area contributed by atoms with E-state index in [0.717, 1.165) is 5.56 Å². The van der Waals surface area contributed by atoms with Gasteiger partial charge in [-0.2, -0.15) is 0 Å². The normalized spacial score (nSPS) is 11.3. The summed E-state index contributed by atoms with van der Waals surface area (Å²) in [6.45, 7) is 6.50. The molecule has 94 valence electrons. The van der Waals surface area contributed by atoms with E-state index in [1.54, 1.807) is 13.2 Å². The maximum absolute atomic E-state index is 7.49. The molecule has 3 N–H and O–H groups in total. The van der Waals surface area contributed by atoms with E-state index in [1.165, 1.54) is 0 Å². The Morgan fingerprint density at radius 2 is 2.00 bits per heavy atom. The topological polar surface area (TPSA) is 68.3 Å². The Bertz CT molecular complexity index is 408. The number of benzene rings is 1. The molecular formula is C13H20N2O2. The van der Waals surface area contributed by atoms with Crippen molar-refractivity contribution in [2.75, 3.05) is 7.11 Å². The number of amidine groups is 1. The van der Waals surface area contributed by atoms with Crippen molar-refractivity contribution in [3.05, 3.63) is 29.3 Å². The van der Waals surface area contributed by atoms with Crippen molar-refractivity contribution in [2.24, 2.45) is 5.73 Å². The maximum Gasteiger partial charge on any atom is 0.129 e. The molecule has 0 aliphatic carbocycles. The Morgan fingerprint density at radius 3 is 2.47 bits per heavy atom. The van der Waals surface area contributed by atoms with Crippen LogP contribution in [0.3, 0.4) is 0 Å². The minimum atomic E-state index is -0.184. The van der Waals surface area contributed by atoms with Crippen molar-refractivity contribution in [3.8, 4) is 5.75 Å². The highest BCUT2D eigenvalue weighted by Gasteiger charge is 2.12. The van der Waals surface area contributed by atoms with Gasteiger partial charge in [0.05, 0.1) is 24.9 Å². The minimum absolute atomic E-state index is 0.000501. The zero-order valence-electron chi connectivity index (χ0n) is 10.8. The molecule has 4 heteroatoms. The van der Waals surface area contributed by atoms with Gasteiger partial charge in [0, 0.05) is 0 Å². The van der Waals surface area contributed by atoms with Gasteiger partial charge >= 0.3 is 0 Å². The molecule has 1 aromatic carbocycles. The lowest BCUT2D eigenvalue weighted by atomic mass is 10.1. The summed E-state index contributed by atoms with van der Waals surface area (Å²) in [7, 11) is 1.56. The molecule has 0 saturated carbocycles. The third-order valence-corrected chi connectivity index (χ3v) is 2.23. The lowest BCUT2D eigenvalue weighted by Crippen LogP contribution is -2.19. The quantitative estimate of drug-likeness (QED) is 0.622. The zero-order chi connectivity index (χ0) is 13.1. The van der Waals surface area contributed by atoms with Gasteiger partial charge in [-0.3, -0.25) is 5.41 Å². The third kappa shape index (κ3) is 4.07. The van der Waals surface area contributed by atoms with E-state index in [0.29, 0.717) is 17.9 Å². The first-order valence-electron chi connectivity index (χ1n) is 5.49. The first kappa shape index (κ1) is 13.5. The van der Waals surface area contributed by atoms with E-state index in [4.69, 9.17) is 20.6 Å². The monoisotopic (exact) mass is 236 g/mol. The molecule has 1 aromatic rings. The molecule has 0 spiro atoms. The van der Waals surface area contributed by atoms with E-state index >= 15 is 0 Å². The van der Waals surface area contributed by atoms with Crippen LogP contribution in [0.2, 0.25) is 0 Å². The van der Waals surface area contributed by atoms with Crippen molar-refractivity contribution in [1.29, 1.82) is 5.41 Å². The summed E-state index contributed by atoms with van der Waals surface area (Å²) in [6, 6.07) is 5.54. The highest BCUT2D eigenvalue weighted by molar-refractivity contribution is 5.97. The second-order valence-electron chi connectivity index (χ2n) is 4.85. The van der Waals surface area contributed by atoms with Gasteiger partial charge in [0.25, 0.3) is 0 Å². The van der Waals surface area contributed by atoms with Gasteiger partial charge in [-0.1, -0.05) is 6.07 Å². The summed E-state index contributed by atoms with van der Waals surface area (Å²) >= 11 is 0. The summed E-state index contributed by atoms with van der Waals surface area (Å²) in [5.74, 6) is 0.608. The summed E-state index contributed by atoms with van der Waals surface area (Å²) < 4.78 is 10.8. The van der Waals surface area contributed by atoms with E-state index < -0.39 is 0 Å². The molecule has 1 rings (SSSR count). The Morgan fingerprint density at radius 1 is 1.35 bits per heavy atom. The van der Waals surface area contributed by atoms with Gasteiger partial charge in [0.15, 0.2) is 0 Å². The van der Waals surface area contributed by atoms with Gasteiger partial charge in [-0.05, 0) is 38.5 Å². The second-order valence-corrected chi connectivity index (χ2v) is 4.85. The first-order chi connectivity index (χ1) is 7.83. The summed E-state index contributed by atoms with van der Waals surface area (Å²) in [4.78, 5) is 0. The number of hydrogen-bond donors (Lipinski definition) is 2. The number of nitrogen functional groups attached to an aromatic ring is 1. The van der Waals surface area contributed by atoms with E-state index in [-0.39, 0.29) is 11.4 Å². The molecule has 17 heavy (non-hydrogen) atoms. The summed E-state index contributed by atoms with van der Waals surface area (Å²) in [5, 5.41) is 7.49. The first-order valence-corrected chi connectivity index (χ1v) is 5.49. The molecule has 0 unspecified atom stereocenters. The van der Waals surface area contributed by atoms with Crippen molar-refractivity contribution < 1.29 is 9.47 Å². The molecule has 0 atom stereocenters. The second kappa shape index (κ2) is 5.19. The molecule has 0 aliphatic heterocycles. The third-order valence-electron chi connectivity index (χ3n) is 2.23. The summed E-state index contributed by atoms with van der Waals surface area (Å²) in [6.07, 6.45) is 0. The SMILES string of the molecule is COc1ccc(COC(C)(C)C)cc1C(=N)N. The molecular weight excluding hydrogens is 216 g/mol. The number of nitrogens with two attached hydrogens (primary N) is 1. The largest absolute Gasteiger partial charge is 0.496 e. The highest BCUT2D eigenvalue weighted by atomic mass is 16.5. The average Bonchev–Trinajstić information content (AvgIpc) is 2.25. The molecule has 0 heterocycles. The molecule has 4 nitrogen and oxygen atoms in total. The Labute approximate surface area is 102 Å². The van der Waals surface area contributed by atoms with E-state index in [2.05, 4.69) is 0 Å². The lowest BCUT2D eigenvalue weighted by molar-refractivity contribution is -0.0149. The number of hydrogen-bond acceptors (Lipinski definition) is 3. The van der Waals surface area contributed by atoms with Crippen LogP contribution in [0.1, 0.15) is 31.9 Å². The molecule has 0 fully saturated rings. The van der Waals surface area contributed by atoms with Crippen molar-refractivity contribution in [2.45, 2.75) is 33.0 Å². The predicted octanol–water partition coefficient (Wildman–Crippen LogP) is 2.29. The Kier molecular flexibility index (Phi) is 4.12. The molecule has 0 radical (unpaired) electrons. The molecule has 0 saturated heterocycles. The summed E-state index contributed by atoms with van der Waals surface area (Å²) in [5.41, 5.74) is 6.90. The number of methoxy groups -OCH3 is 1. The van der Waals surface area contributed by atoms with Crippen LogP contribution in [0.4, 0.5) is 0 Å². The fourth-order valence-corrected chi connectivity index (χ4v) is 1.36. The molecule has 0 amide bonds. The van der Waals surface area contributed by atoms with Crippen LogP contribution in [0, 0.1) is 5.41 Å². The van der Waals surface area contributed by atoms with Crippen LogP contribution in [-0.2, 0) is 11.3 Å². The molecule has 0 aliphatic rings. The molecule has 0 bridgehead atoms. The van der Waals surface area contributed by atoms with Crippen LogP contribution < -0.4 is 10.5 Å². The predicted molar refractivity (Wildman–Crippen MR) is 68.6 cm³/mol. The van der Waals surface area contributed by atoms with Crippen molar-refractivity contribution in [1.82, 2.24) is 0 Å². The van der Waals surface area contributed by atoms with Crippen LogP contribution in [-0.4, -0.2) is 18.5 Å². The van der Waals surface area contributed by atoms with Crippen LogP contribution in [0.15, 0.2) is 18.2 Å². The molecule has 0 aromatic heterocycles. The maximum atomic E-state index is 7.49. The fraction of sp³-hybridized carbons (Fsp3) is 0.462. The van der Waals surface area contributed by atoms with Crippen LogP contribution in [0.5, 0.6) is 5.75 Å². The lowest BCUT2D eigenvalue weighted by Gasteiger charge is -2.20. The van der Waals surface area contributed by atoms with Gasteiger partial charge < -0.3 is 15.2 Å². The zero-order valence-corrected chi connectivity index (χ0v) is 10.8. The smallest absolute Gasteiger partial charge is 0.129 e. The van der Waals surface area contributed by atoms with Crippen molar-refractivity contribution in [3.63, 3.8) is 0 Å². The van der Waals surface area contributed by atoms with E-state index in [1.807, 2.05) is 32.9 Å². The van der Waals surface area contributed by atoms with Crippen molar-refractivity contribution >= 4 is 5.84 Å². The van der Waals surface area contributed by atoms with Gasteiger partial charge in [0.2, 0.25) is 0 Å². The van der Waals surface area contributed by atoms with Gasteiger partial charge in [-0.25, -0.2) is 0 Å². The van der Waals surface area contributed by atoms with Gasteiger partial charge in [0.1, 0.15) is 11.6 Å². The highest BCUT2D eigenvalue weighted by Crippen LogP contribution is 2.21. The van der Waals surface area contributed by atoms with Crippen LogP contribution in [0.25, 0.3) is 0 Å². The number of nitrogens with one attached hydrogen (secondary N) is 1. The van der Waals surface area contributed by atoms with E-state index in [9.17, 15) is 0 Å². The standard InChI is InChI=1S/C13H20N2O2/c1-13(2,3)17-8-9-5-6-11(16-4)10(7-9)12(14)15/h5-7H,8H2,1-4H3,(H3,14,15). The van der Waals surface area contributed by atoms with Crippen LogP contribution >= 0.6 is 0 Å². The van der Waals surface area contributed by atoms with Gasteiger partial charge in [-0.15, -0.1) is 0 Å². The average molecular weight is 236 g/mol. The number of rotatable bonds is 4. The minimum Gasteiger partial charge on any atom is -0.496 e. The number of ether oxygens (including phenoxy) is 2.